The first-order valence-corrected chi connectivity index (χ1v) is 7.83. The summed E-state index contributed by atoms with van der Waals surface area (Å²) in [5.74, 6) is -1.63. The molecule has 4 nitrogen and oxygen atoms in total. The van der Waals surface area contributed by atoms with Gasteiger partial charge in [-0.3, -0.25) is 4.79 Å². The smallest absolute Gasteiger partial charge is 0.336 e. The van der Waals surface area contributed by atoms with Crippen LogP contribution >= 0.6 is 0 Å². The summed E-state index contributed by atoms with van der Waals surface area (Å²) in [6.07, 6.45) is -0.217. The number of hydrogen-bond donors (Lipinski definition) is 0. The van der Waals surface area contributed by atoms with Gasteiger partial charge in [-0.05, 0) is 39.3 Å². The van der Waals surface area contributed by atoms with Gasteiger partial charge in [-0.25, -0.2) is 9.18 Å². The Balaban J connectivity index is 2.55. The summed E-state index contributed by atoms with van der Waals surface area (Å²) in [5, 5.41) is 0. The van der Waals surface area contributed by atoms with Crippen molar-refractivity contribution in [3.05, 3.63) is 46.9 Å². The zero-order valence-electron chi connectivity index (χ0n) is 13.9. The van der Waals surface area contributed by atoms with Gasteiger partial charge in [-0.1, -0.05) is 18.2 Å². The van der Waals surface area contributed by atoms with Crippen LogP contribution in [0.15, 0.2) is 35.5 Å². The van der Waals surface area contributed by atoms with Gasteiger partial charge in [-0.15, -0.1) is 0 Å². The van der Waals surface area contributed by atoms with Crippen LogP contribution in [0.25, 0.3) is 0 Å². The molecule has 0 bridgehead atoms. The first kappa shape index (κ1) is 17.2. The van der Waals surface area contributed by atoms with Gasteiger partial charge in [0.25, 0.3) is 0 Å². The van der Waals surface area contributed by atoms with E-state index in [1.165, 1.54) is 6.07 Å². The van der Waals surface area contributed by atoms with Crippen molar-refractivity contribution in [1.29, 1.82) is 0 Å². The second-order valence-corrected chi connectivity index (χ2v) is 5.87. The number of halogens is 1. The predicted octanol–water partition coefficient (Wildman–Crippen LogP) is 3.39. The van der Waals surface area contributed by atoms with Crippen molar-refractivity contribution in [2.75, 3.05) is 6.54 Å². The van der Waals surface area contributed by atoms with E-state index in [4.69, 9.17) is 4.74 Å². The van der Waals surface area contributed by atoms with Gasteiger partial charge in [0.15, 0.2) is 0 Å². The largest absolute Gasteiger partial charge is 0.460 e. The molecule has 1 atom stereocenters. The van der Waals surface area contributed by atoms with E-state index in [-0.39, 0.29) is 18.4 Å². The first-order chi connectivity index (χ1) is 10.9. The fourth-order valence-corrected chi connectivity index (χ4v) is 2.98. The van der Waals surface area contributed by atoms with E-state index in [2.05, 4.69) is 0 Å². The Kier molecular flexibility index (Phi) is 5.19. The number of carbonyl (C=O) groups is 2. The summed E-state index contributed by atoms with van der Waals surface area (Å²) in [5.41, 5.74) is 1.26. The fourth-order valence-electron chi connectivity index (χ4n) is 2.98. The molecule has 0 radical (unpaired) electrons. The van der Waals surface area contributed by atoms with E-state index < -0.39 is 17.7 Å². The summed E-state index contributed by atoms with van der Waals surface area (Å²) >= 11 is 0. The van der Waals surface area contributed by atoms with E-state index in [0.29, 0.717) is 23.4 Å². The topological polar surface area (TPSA) is 46.6 Å². The van der Waals surface area contributed by atoms with Crippen molar-refractivity contribution in [1.82, 2.24) is 4.90 Å². The number of esters is 1. The van der Waals surface area contributed by atoms with E-state index >= 15 is 0 Å². The molecule has 2 rings (SSSR count). The van der Waals surface area contributed by atoms with Crippen molar-refractivity contribution < 1.29 is 18.7 Å². The lowest BCUT2D eigenvalue weighted by molar-refractivity contribution is -0.143. The Morgan fingerprint density at radius 3 is 2.61 bits per heavy atom. The van der Waals surface area contributed by atoms with E-state index in [1.807, 2.05) is 6.92 Å². The molecule has 1 heterocycles. The molecule has 1 unspecified atom stereocenters. The first-order valence-electron chi connectivity index (χ1n) is 7.83. The lowest BCUT2D eigenvalue weighted by atomic mass is 9.83. The Labute approximate surface area is 135 Å². The number of carbonyl (C=O) groups excluding carboxylic acids is 2. The summed E-state index contributed by atoms with van der Waals surface area (Å²) in [6.45, 7) is 7.55. The van der Waals surface area contributed by atoms with Crippen LogP contribution in [0.4, 0.5) is 4.39 Å². The molecular weight excluding hydrogens is 297 g/mol. The molecule has 23 heavy (non-hydrogen) atoms. The zero-order valence-corrected chi connectivity index (χ0v) is 13.9. The molecule has 0 saturated carbocycles. The van der Waals surface area contributed by atoms with Crippen LogP contribution in [0.2, 0.25) is 0 Å². The molecule has 1 aromatic rings. The lowest BCUT2D eigenvalue weighted by Gasteiger charge is -2.34. The highest BCUT2D eigenvalue weighted by molar-refractivity contribution is 5.96. The Hall–Kier alpha value is -2.17. The standard InChI is InChI=1S/C18H22FNO3/c1-5-20-12(4)17(18(22)23-11(2)3)14(10-16(20)21)13-8-6-7-9-15(13)19/h6-9,11,14H,5,10H2,1-4H3. The Bertz CT molecular complexity index is 651. The molecule has 0 aromatic heterocycles. The monoisotopic (exact) mass is 319 g/mol. The minimum absolute atomic E-state index is 0.0641. The van der Waals surface area contributed by atoms with Crippen molar-refractivity contribution in [3.8, 4) is 0 Å². The van der Waals surface area contributed by atoms with Crippen LogP contribution in [0.3, 0.4) is 0 Å². The molecule has 1 aromatic carbocycles. The van der Waals surface area contributed by atoms with E-state index in [9.17, 15) is 14.0 Å². The fraction of sp³-hybridized carbons (Fsp3) is 0.444. The van der Waals surface area contributed by atoms with Crippen LogP contribution in [0.1, 0.15) is 45.6 Å². The van der Waals surface area contributed by atoms with Crippen molar-refractivity contribution >= 4 is 11.9 Å². The number of amides is 1. The maximum Gasteiger partial charge on any atom is 0.336 e. The number of allylic oxidation sites excluding steroid dienone is 1. The quantitative estimate of drug-likeness (QED) is 0.799. The van der Waals surface area contributed by atoms with Gasteiger partial charge in [-0.2, -0.15) is 0 Å². The molecular formula is C18H22FNO3. The highest BCUT2D eigenvalue weighted by Crippen LogP contribution is 2.38. The molecule has 0 aliphatic carbocycles. The summed E-state index contributed by atoms with van der Waals surface area (Å²) in [7, 11) is 0. The van der Waals surface area contributed by atoms with Gasteiger partial charge in [0.2, 0.25) is 5.91 Å². The number of ether oxygens (including phenoxy) is 1. The van der Waals surface area contributed by atoms with E-state index in [1.54, 1.807) is 43.9 Å². The molecule has 1 aliphatic rings. The van der Waals surface area contributed by atoms with Gasteiger partial charge in [0, 0.05) is 24.6 Å². The maximum absolute atomic E-state index is 14.2. The van der Waals surface area contributed by atoms with Crippen LogP contribution in [0.5, 0.6) is 0 Å². The molecule has 124 valence electrons. The zero-order chi connectivity index (χ0) is 17.1. The maximum atomic E-state index is 14.2. The third-order valence-corrected chi connectivity index (χ3v) is 3.98. The van der Waals surface area contributed by atoms with Gasteiger partial charge < -0.3 is 9.64 Å². The summed E-state index contributed by atoms with van der Waals surface area (Å²) in [4.78, 5) is 26.4. The van der Waals surface area contributed by atoms with Crippen LogP contribution in [0, 0.1) is 5.82 Å². The highest BCUT2D eigenvalue weighted by atomic mass is 19.1. The molecule has 5 heteroatoms. The number of rotatable bonds is 4. The van der Waals surface area contributed by atoms with Crippen molar-refractivity contribution in [2.45, 2.75) is 46.1 Å². The van der Waals surface area contributed by atoms with Crippen LogP contribution in [-0.2, 0) is 14.3 Å². The normalized spacial score (nSPS) is 18.6. The minimum atomic E-state index is -0.613. The molecule has 0 fully saturated rings. The second kappa shape index (κ2) is 6.94. The Morgan fingerprint density at radius 1 is 1.39 bits per heavy atom. The molecule has 0 N–H and O–H groups in total. The predicted molar refractivity (Wildman–Crippen MR) is 85.1 cm³/mol. The number of nitrogens with zero attached hydrogens (tertiary/aromatic N) is 1. The summed E-state index contributed by atoms with van der Waals surface area (Å²) < 4.78 is 19.5. The summed E-state index contributed by atoms with van der Waals surface area (Å²) in [6, 6.07) is 6.25. The van der Waals surface area contributed by atoms with Gasteiger partial charge in [0.05, 0.1) is 11.7 Å². The molecule has 1 amide bonds. The number of hydrogen-bond acceptors (Lipinski definition) is 3. The van der Waals surface area contributed by atoms with Gasteiger partial charge in [0.1, 0.15) is 5.82 Å². The third-order valence-electron chi connectivity index (χ3n) is 3.98. The number of benzene rings is 1. The van der Waals surface area contributed by atoms with E-state index in [0.717, 1.165) is 0 Å². The SMILES string of the molecule is CCN1C(=O)CC(c2ccccc2F)C(C(=O)OC(C)C)=C1C. The van der Waals surface area contributed by atoms with Gasteiger partial charge >= 0.3 is 5.97 Å². The molecule has 0 spiro atoms. The van der Waals surface area contributed by atoms with Crippen molar-refractivity contribution in [2.24, 2.45) is 0 Å². The van der Waals surface area contributed by atoms with Crippen LogP contribution < -0.4 is 0 Å². The minimum Gasteiger partial charge on any atom is -0.460 e. The lowest BCUT2D eigenvalue weighted by Crippen LogP contribution is -2.38. The average molecular weight is 319 g/mol. The van der Waals surface area contributed by atoms with Crippen LogP contribution in [-0.4, -0.2) is 29.4 Å². The molecule has 0 saturated heterocycles. The third kappa shape index (κ3) is 3.44. The van der Waals surface area contributed by atoms with Crippen molar-refractivity contribution in [3.63, 3.8) is 0 Å². The highest BCUT2D eigenvalue weighted by Gasteiger charge is 2.37. The second-order valence-electron chi connectivity index (χ2n) is 5.87. The molecule has 1 aliphatic heterocycles. The average Bonchev–Trinajstić information content (AvgIpc) is 2.46. The Morgan fingerprint density at radius 2 is 2.04 bits per heavy atom.